The van der Waals surface area contributed by atoms with E-state index in [1.165, 1.54) is 26.0 Å². The number of likely N-dealkylation sites (N-methyl/N-ethyl adjacent to an activating group) is 1. The lowest BCUT2D eigenvalue weighted by Crippen LogP contribution is -2.67. The maximum atomic E-state index is 14.6. The van der Waals surface area contributed by atoms with Gasteiger partial charge in [-0.15, -0.1) is 0 Å². The highest BCUT2D eigenvalue weighted by molar-refractivity contribution is 8.13. The Labute approximate surface area is 482 Å². The average Bonchev–Trinajstić information content (AvgIpc) is 4.10. The van der Waals surface area contributed by atoms with Crippen LogP contribution in [0.5, 0.6) is 5.75 Å². The molecule has 0 saturated carbocycles. The molecular weight excluding hydrogens is 1070 g/mol. The minimum atomic E-state index is -1.89. The monoisotopic (exact) mass is 1160 g/mol. The minimum Gasteiger partial charge on any atom is -0.496 e. The van der Waals surface area contributed by atoms with E-state index in [2.05, 4.69) is 10.6 Å². The maximum Gasteiger partial charge on any atom is 0.410 e. The van der Waals surface area contributed by atoms with Gasteiger partial charge in [0.15, 0.2) is 10.8 Å². The largest absolute Gasteiger partial charge is 0.496 e. The van der Waals surface area contributed by atoms with Crippen molar-refractivity contribution in [1.82, 2.24) is 15.5 Å². The Morgan fingerprint density at radius 2 is 1.69 bits per heavy atom. The van der Waals surface area contributed by atoms with E-state index in [0.29, 0.717) is 57.4 Å². The number of esters is 2. The predicted molar refractivity (Wildman–Crippen MR) is 308 cm³/mol. The highest BCUT2D eigenvalue weighted by Crippen LogP contribution is 2.52. The van der Waals surface area contributed by atoms with Gasteiger partial charge in [-0.3, -0.25) is 29.3 Å². The molecule has 0 spiro atoms. The molecule has 2 fully saturated rings. The summed E-state index contributed by atoms with van der Waals surface area (Å²) < 4.78 is 42.0. The van der Waals surface area contributed by atoms with Crippen LogP contribution < -0.4 is 15.4 Å². The van der Waals surface area contributed by atoms with Crippen LogP contribution >= 0.6 is 23.5 Å². The number of carbonyl (C=O) groups excluding carboxylic acids is 7. The zero-order chi connectivity index (χ0) is 59.1. The van der Waals surface area contributed by atoms with Crippen molar-refractivity contribution in [3.05, 3.63) is 64.8 Å². The molecule has 3 N–H and O–H groups in total. The average molecular weight is 1160 g/mol. The van der Waals surface area contributed by atoms with Crippen LogP contribution in [0.3, 0.4) is 0 Å². The van der Waals surface area contributed by atoms with Gasteiger partial charge in [0.2, 0.25) is 11.8 Å². The summed E-state index contributed by atoms with van der Waals surface area (Å²) in [6.07, 6.45) is 11.6. The van der Waals surface area contributed by atoms with Crippen LogP contribution in [0.1, 0.15) is 142 Å². The van der Waals surface area contributed by atoms with E-state index in [9.17, 15) is 38.7 Å². The summed E-state index contributed by atoms with van der Waals surface area (Å²) >= 11 is 2.66. The number of hydrogen-bond acceptors (Lipinski definition) is 17. The molecule has 0 aromatic heterocycles. The summed E-state index contributed by atoms with van der Waals surface area (Å²) in [6.45, 7) is 16.9. The molecule has 7 unspecified atom stereocenters. The number of ether oxygens (including phenoxy) is 7. The Kier molecular flexibility index (Phi) is 24.8. The number of thioether (sulfide) groups is 2. The van der Waals surface area contributed by atoms with Crippen LogP contribution in [0.2, 0.25) is 0 Å². The number of epoxide rings is 1. The molecule has 13 atom stereocenters. The van der Waals surface area contributed by atoms with Crippen LogP contribution in [0.4, 0.5) is 4.79 Å². The number of ketones is 1. The summed E-state index contributed by atoms with van der Waals surface area (Å²) in [5.41, 5.74) is -1.09. The second-order valence-electron chi connectivity index (χ2n) is 22.6. The van der Waals surface area contributed by atoms with E-state index in [4.69, 9.17) is 33.2 Å². The van der Waals surface area contributed by atoms with E-state index < -0.39 is 77.0 Å². The van der Waals surface area contributed by atoms with Gasteiger partial charge in [0.05, 0.1) is 31.8 Å². The maximum absolute atomic E-state index is 14.6. The third-order valence-corrected chi connectivity index (χ3v) is 18.1. The molecule has 20 heteroatoms. The Hall–Kier alpha value is -4.73. The molecule has 5 rings (SSSR count). The predicted octanol–water partition coefficient (Wildman–Crippen LogP) is 8.27. The first-order chi connectivity index (χ1) is 37.8. The third kappa shape index (κ3) is 17.9. The van der Waals surface area contributed by atoms with Crippen molar-refractivity contribution < 1.29 is 71.8 Å². The highest BCUT2D eigenvalue weighted by atomic mass is 32.2. The fourth-order valence-electron chi connectivity index (χ4n) is 10.7. The molecule has 4 bridgehead atoms. The van der Waals surface area contributed by atoms with Crippen molar-refractivity contribution in [1.29, 1.82) is 0 Å². The zero-order valence-corrected chi connectivity index (χ0v) is 51.0. The fraction of sp³-hybridized carbons (Fsp3) is 0.683. The molecule has 446 valence electrons. The molecule has 2 aliphatic carbocycles. The first-order valence-corrected chi connectivity index (χ1v) is 30.5. The van der Waals surface area contributed by atoms with E-state index in [-0.39, 0.29) is 65.9 Å². The summed E-state index contributed by atoms with van der Waals surface area (Å²) in [6, 6.07) is 2.81. The van der Waals surface area contributed by atoms with Crippen molar-refractivity contribution >= 4 is 64.3 Å². The smallest absolute Gasteiger partial charge is 0.410 e. The van der Waals surface area contributed by atoms with Gasteiger partial charge in [0, 0.05) is 75.6 Å². The van der Waals surface area contributed by atoms with Crippen molar-refractivity contribution in [3.63, 3.8) is 0 Å². The number of alkyl carbamates (subject to hydrolysis) is 1. The lowest BCUT2D eigenvalue weighted by Gasteiger charge is -2.47. The topological polar surface area (TPSA) is 235 Å². The normalized spacial score (nSPS) is 30.6. The molecule has 0 radical (unpaired) electrons. The number of fused-ring (bicyclic) bond motifs is 5. The van der Waals surface area contributed by atoms with E-state index in [1.807, 2.05) is 57.4 Å². The standard InChI is InChI=1S/C60H89N3O15S2/c1-36-17-14-22-49(73-12)60(71)35-58(8,78-57(70)62-60)41(6)53-59(9,77-53)50(34-47(64)39(4)46-32-43(31-36)33-48(72-11)40(46)5)76-55(68)42(7)63(10)52(66)26-30-80-56(69)38(3)24-23-37(2)54(67)75-45-20-15-18-44(19-16-21-45)74-28-27-61-51(65)25-29-79-13/h14-15,17,20,22,32-33,37-39,41-42,44-45,49-50,53,71H,16,18-19,21,23-31,34-35H2,1-13H3,(H,61,65)(H,62,70)/b20-15+,22-14+,36-17+/t37?,38?,39?,41-,42-,44?,45?,49?,50-,53-,58-,59-,60?/m0/s1. The Morgan fingerprint density at radius 3 is 2.39 bits per heavy atom. The van der Waals surface area contributed by atoms with Crippen molar-refractivity contribution in [2.75, 3.05) is 52.2 Å². The number of rotatable bonds is 21. The van der Waals surface area contributed by atoms with Gasteiger partial charge in [-0.25, -0.2) is 9.59 Å². The molecule has 2 aliphatic heterocycles. The minimum absolute atomic E-state index is 0.0236. The van der Waals surface area contributed by atoms with Crippen molar-refractivity contribution in [2.24, 2.45) is 17.8 Å². The molecule has 3 amide bonds. The second-order valence-corrected chi connectivity index (χ2v) is 24.7. The molecule has 2 heterocycles. The van der Waals surface area contributed by atoms with Gasteiger partial charge in [0.25, 0.3) is 0 Å². The molecule has 1 aromatic rings. The first kappa shape index (κ1) is 66.1. The zero-order valence-electron chi connectivity index (χ0n) is 49.3. The Balaban J connectivity index is 1.18. The van der Waals surface area contributed by atoms with Gasteiger partial charge < -0.3 is 48.5 Å². The van der Waals surface area contributed by atoms with Crippen LogP contribution in [0, 0.1) is 24.7 Å². The number of nitrogens with zero attached hydrogens (tertiary/aromatic N) is 1. The van der Waals surface area contributed by atoms with Crippen molar-refractivity contribution in [3.8, 4) is 5.75 Å². The van der Waals surface area contributed by atoms with Crippen LogP contribution in [-0.2, 0) is 63.6 Å². The number of hydrogen-bond donors (Lipinski definition) is 3. The fourth-order valence-corrected chi connectivity index (χ4v) is 12.0. The van der Waals surface area contributed by atoms with Gasteiger partial charge in [-0.2, -0.15) is 11.8 Å². The van der Waals surface area contributed by atoms with Crippen LogP contribution in [0.15, 0.2) is 48.1 Å². The highest BCUT2D eigenvalue weighted by Gasteiger charge is 2.67. The Bertz CT molecular complexity index is 2450. The third-order valence-electron chi connectivity index (χ3n) is 16.4. The molecule has 18 nitrogen and oxygen atoms in total. The molecule has 4 aliphatic rings. The quantitative estimate of drug-likeness (QED) is 0.0345. The van der Waals surface area contributed by atoms with Gasteiger partial charge >= 0.3 is 18.0 Å². The number of Topliss-reactive ketones (excluding diaryl/α,β-unsaturated/α-hetero) is 1. The van der Waals surface area contributed by atoms with Gasteiger partial charge in [-0.1, -0.05) is 75.4 Å². The lowest BCUT2D eigenvalue weighted by atomic mass is 9.75. The number of methoxy groups -OCH3 is 2. The lowest BCUT2D eigenvalue weighted by molar-refractivity contribution is -0.173. The van der Waals surface area contributed by atoms with E-state index >= 15 is 0 Å². The van der Waals surface area contributed by atoms with E-state index in [0.717, 1.165) is 52.6 Å². The number of benzene rings is 1. The van der Waals surface area contributed by atoms with Crippen molar-refractivity contribution in [2.45, 2.75) is 192 Å². The summed E-state index contributed by atoms with van der Waals surface area (Å²) in [4.78, 5) is 95.2. The van der Waals surface area contributed by atoms with Crippen LogP contribution in [-0.4, -0.2) is 156 Å². The molecule has 1 aromatic carbocycles. The Morgan fingerprint density at radius 1 is 0.963 bits per heavy atom. The SMILES string of the molecule is COc1cc2cc(c1C)C(C)C(=O)C[C@H](OC(=O)[C@H](C)N(C)C(=O)CCSC(=O)C(C)CCC(C)C(=O)OC1/C=C/CC(OCCNC(=O)CCSC)CCC1)[C@]1(C)O[C@H]1[C@H](C)[C@]1(C)CC(O)(NC(=O)O1)C(OC)/C=C/C=C(\C)C2. The number of aliphatic hydroxyl groups is 1. The van der Waals surface area contributed by atoms with Crippen LogP contribution in [0.25, 0.3) is 0 Å². The second kappa shape index (κ2) is 30.0. The first-order valence-electron chi connectivity index (χ1n) is 28.1. The summed E-state index contributed by atoms with van der Waals surface area (Å²) in [7, 11) is 4.50. The number of allylic oxidation sites excluding steroid dienone is 3. The number of nitrogens with one attached hydrogen (secondary N) is 2. The molecular formula is C60H89N3O15S2. The van der Waals surface area contributed by atoms with E-state index in [1.54, 1.807) is 65.6 Å². The molecule has 80 heavy (non-hydrogen) atoms. The number of carbonyl (C=O) groups is 7. The summed E-state index contributed by atoms with van der Waals surface area (Å²) in [5.74, 6) is -2.23. The van der Waals surface area contributed by atoms with Gasteiger partial charge in [-0.05, 0) is 115 Å². The molecule has 2 saturated heterocycles. The van der Waals surface area contributed by atoms with Gasteiger partial charge in [0.1, 0.15) is 47.1 Å². The summed E-state index contributed by atoms with van der Waals surface area (Å²) in [5, 5.41) is 17.4. The number of amides is 3.